The van der Waals surface area contributed by atoms with Crippen molar-refractivity contribution in [3.05, 3.63) is 30.1 Å². The fourth-order valence-electron chi connectivity index (χ4n) is 4.80. The van der Waals surface area contributed by atoms with Crippen molar-refractivity contribution >= 4 is 5.69 Å². The summed E-state index contributed by atoms with van der Waals surface area (Å²) in [6.45, 7) is 3.71. The second-order valence-electron chi connectivity index (χ2n) is 7.93. The van der Waals surface area contributed by atoms with Crippen molar-refractivity contribution in [2.45, 2.75) is 57.4 Å². The van der Waals surface area contributed by atoms with Crippen molar-refractivity contribution in [2.75, 3.05) is 31.1 Å². The van der Waals surface area contributed by atoms with Crippen molar-refractivity contribution in [3.63, 3.8) is 0 Å². The molecular formula is C20H29FN2O. The molecule has 132 valence electrons. The maximum atomic E-state index is 14.2. The third-order valence-electron chi connectivity index (χ3n) is 6.24. The van der Waals surface area contributed by atoms with E-state index in [1.165, 1.54) is 44.9 Å². The van der Waals surface area contributed by atoms with Crippen LogP contribution in [-0.2, 0) is 4.84 Å². The van der Waals surface area contributed by atoms with E-state index in [-0.39, 0.29) is 11.2 Å². The summed E-state index contributed by atoms with van der Waals surface area (Å²) in [5, 5.41) is 2.27. The van der Waals surface area contributed by atoms with Crippen LogP contribution in [0.3, 0.4) is 0 Å². The van der Waals surface area contributed by atoms with Gasteiger partial charge in [0.15, 0.2) is 0 Å². The standard InChI is InChI=1S/C20H29FN2O/c21-18-9-4-5-10-19(18)22-13-6-11-20(15-22)12-14-23(24-16-20)17-7-2-1-3-8-17/h4-5,9-10,17H,1-3,6-8,11-16H2. The molecule has 1 aromatic rings. The summed E-state index contributed by atoms with van der Waals surface area (Å²) >= 11 is 0. The smallest absolute Gasteiger partial charge is 0.146 e. The molecule has 2 aliphatic heterocycles. The summed E-state index contributed by atoms with van der Waals surface area (Å²) in [7, 11) is 0. The first kappa shape index (κ1) is 16.3. The van der Waals surface area contributed by atoms with Gasteiger partial charge in [0.2, 0.25) is 0 Å². The number of halogens is 1. The minimum atomic E-state index is -0.102. The van der Waals surface area contributed by atoms with E-state index in [2.05, 4.69) is 9.96 Å². The zero-order valence-corrected chi connectivity index (χ0v) is 14.6. The largest absolute Gasteiger partial charge is 0.369 e. The van der Waals surface area contributed by atoms with Crippen LogP contribution in [0.1, 0.15) is 51.4 Å². The summed E-state index contributed by atoms with van der Waals surface area (Å²) in [6.07, 6.45) is 10.1. The number of hydroxylamine groups is 2. The van der Waals surface area contributed by atoms with Gasteiger partial charge in [0.25, 0.3) is 0 Å². The molecule has 1 atom stereocenters. The Hall–Kier alpha value is -1.13. The molecule has 1 aliphatic carbocycles. The third kappa shape index (κ3) is 3.31. The monoisotopic (exact) mass is 332 g/mol. The molecule has 4 rings (SSSR count). The van der Waals surface area contributed by atoms with Crippen molar-refractivity contribution in [1.29, 1.82) is 0 Å². The highest BCUT2D eigenvalue weighted by atomic mass is 19.1. The minimum Gasteiger partial charge on any atom is -0.369 e. The highest BCUT2D eigenvalue weighted by molar-refractivity contribution is 5.48. The van der Waals surface area contributed by atoms with E-state index in [9.17, 15) is 4.39 Å². The number of para-hydroxylation sites is 1. The molecule has 1 saturated carbocycles. The zero-order valence-electron chi connectivity index (χ0n) is 14.6. The molecule has 3 fully saturated rings. The van der Waals surface area contributed by atoms with Crippen LogP contribution < -0.4 is 4.90 Å². The summed E-state index contributed by atoms with van der Waals surface area (Å²) in [5.74, 6) is -0.102. The summed E-state index contributed by atoms with van der Waals surface area (Å²) in [5.41, 5.74) is 0.956. The van der Waals surface area contributed by atoms with E-state index in [4.69, 9.17) is 4.84 Å². The first-order valence-electron chi connectivity index (χ1n) is 9.65. The molecule has 24 heavy (non-hydrogen) atoms. The molecule has 0 aromatic heterocycles. The lowest BCUT2D eigenvalue weighted by molar-refractivity contribution is -0.245. The molecule has 3 nitrogen and oxygen atoms in total. The summed E-state index contributed by atoms with van der Waals surface area (Å²) in [4.78, 5) is 8.47. The van der Waals surface area contributed by atoms with E-state index in [1.807, 2.05) is 12.1 Å². The van der Waals surface area contributed by atoms with E-state index in [0.29, 0.717) is 6.04 Å². The fraction of sp³-hybridized carbons (Fsp3) is 0.700. The number of rotatable bonds is 2. The Labute approximate surface area is 144 Å². The molecular weight excluding hydrogens is 303 g/mol. The average molecular weight is 332 g/mol. The van der Waals surface area contributed by atoms with Crippen LogP contribution in [-0.4, -0.2) is 37.3 Å². The van der Waals surface area contributed by atoms with Crippen LogP contribution in [0.25, 0.3) is 0 Å². The van der Waals surface area contributed by atoms with Gasteiger partial charge in [0.1, 0.15) is 5.82 Å². The normalized spacial score (nSPS) is 30.0. The van der Waals surface area contributed by atoms with Crippen molar-refractivity contribution < 1.29 is 9.23 Å². The van der Waals surface area contributed by atoms with Crippen LogP contribution in [0.15, 0.2) is 24.3 Å². The maximum absolute atomic E-state index is 14.2. The lowest BCUT2D eigenvalue weighted by Gasteiger charge is -2.49. The Morgan fingerprint density at radius 1 is 1.00 bits per heavy atom. The number of piperidine rings is 1. The minimum absolute atomic E-state index is 0.102. The Morgan fingerprint density at radius 3 is 2.58 bits per heavy atom. The molecule has 1 unspecified atom stereocenters. The number of nitrogens with zero attached hydrogens (tertiary/aromatic N) is 2. The molecule has 1 aromatic carbocycles. The van der Waals surface area contributed by atoms with Crippen LogP contribution in [0.2, 0.25) is 0 Å². The van der Waals surface area contributed by atoms with Gasteiger partial charge in [-0.1, -0.05) is 31.4 Å². The van der Waals surface area contributed by atoms with Crippen LogP contribution >= 0.6 is 0 Å². The van der Waals surface area contributed by atoms with Crippen molar-refractivity contribution in [3.8, 4) is 0 Å². The molecule has 4 heteroatoms. The second-order valence-corrected chi connectivity index (χ2v) is 7.93. The predicted molar refractivity (Wildman–Crippen MR) is 94.4 cm³/mol. The Kier molecular flexibility index (Phi) is 4.77. The van der Waals surface area contributed by atoms with Gasteiger partial charge in [0, 0.05) is 31.1 Å². The van der Waals surface area contributed by atoms with Gasteiger partial charge in [0.05, 0.1) is 12.3 Å². The topological polar surface area (TPSA) is 15.7 Å². The molecule has 0 bridgehead atoms. The molecule has 0 amide bonds. The summed E-state index contributed by atoms with van der Waals surface area (Å²) < 4.78 is 14.2. The highest BCUT2D eigenvalue weighted by Gasteiger charge is 2.41. The molecule has 2 heterocycles. The second kappa shape index (κ2) is 7.01. The number of hydrogen-bond donors (Lipinski definition) is 0. The molecule has 0 radical (unpaired) electrons. The lowest BCUT2D eigenvalue weighted by Crippen LogP contribution is -2.53. The highest BCUT2D eigenvalue weighted by Crippen LogP contribution is 2.40. The van der Waals surface area contributed by atoms with Crippen LogP contribution in [0, 0.1) is 11.2 Å². The summed E-state index contributed by atoms with van der Waals surface area (Å²) in [6, 6.07) is 7.81. The van der Waals surface area contributed by atoms with Gasteiger partial charge in [-0.3, -0.25) is 4.84 Å². The molecule has 1 spiro atoms. The number of hydrogen-bond acceptors (Lipinski definition) is 3. The fourth-order valence-corrected chi connectivity index (χ4v) is 4.80. The number of benzene rings is 1. The van der Waals surface area contributed by atoms with E-state index >= 15 is 0 Å². The van der Waals surface area contributed by atoms with E-state index < -0.39 is 0 Å². The van der Waals surface area contributed by atoms with Gasteiger partial charge < -0.3 is 4.90 Å². The SMILES string of the molecule is Fc1ccccc1N1CCCC2(CCN(C3CCCCC3)OC2)C1. The van der Waals surface area contributed by atoms with Gasteiger partial charge in [-0.25, -0.2) is 4.39 Å². The van der Waals surface area contributed by atoms with Gasteiger partial charge in [-0.2, -0.15) is 5.06 Å². The quantitative estimate of drug-likeness (QED) is 0.799. The van der Waals surface area contributed by atoms with Crippen LogP contribution in [0.4, 0.5) is 10.1 Å². The Bertz CT molecular complexity index is 550. The van der Waals surface area contributed by atoms with Gasteiger partial charge >= 0.3 is 0 Å². The Morgan fingerprint density at radius 2 is 1.83 bits per heavy atom. The predicted octanol–water partition coefficient (Wildman–Crippen LogP) is 4.38. The first-order valence-corrected chi connectivity index (χ1v) is 9.65. The maximum Gasteiger partial charge on any atom is 0.146 e. The van der Waals surface area contributed by atoms with Gasteiger partial charge in [-0.15, -0.1) is 0 Å². The first-order chi connectivity index (χ1) is 11.8. The van der Waals surface area contributed by atoms with Crippen molar-refractivity contribution in [1.82, 2.24) is 5.06 Å². The number of anilines is 1. The zero-order chi connectivity index (χ0) is 16.4. The lowest BCUT2D eigenvalue weighted by atomic mass is 9.76. The van der Waals surface area contributed by atoms with Crippen LogP contribution in [0.5, 0.6) is 0 Å². The van der Waals surface area contributed by atoms with E-state index in [0.717, 1.165) is 38.3 Å². The van der Waals surface area contributed by atoms with Crippen molar-refractivity contribution in [2.24, 2.45) is 5.41 Å². The third-order valence-corrected chi connectivity index (χ3v) is 6.24. The van der Waals surface area contributed by atoms with E-state index in [1.54, 1.807) is 12.1 Å². The molecule has 2 saturated heterocycles. The molecule has 3 aliphatic rings. The Balaban J connectivity index is 1.40. The van der Waals surface area contributed by atoms with Gasteiger partial charge in [-0.05, 0) is 44.2 Å². The average Bonchev–Trinajstić information content (AvgIpc) is 2.64. The molecule has 0 N–H and O–H groups in total.